The lowest BCUT2D eigenvalue weighted by Crippen LogP contribution is -1.98. The lowest BCUT2D eigenvalue weighted by molar-refractivity contribution is -0.112. The molecule has 3 heteroatoms. The Morgan fingerprint density at radius 2 is 2.06 bits per heavy atom. The highest BCUT2D eigenvalue weighted by molar-refractivity contribution is 8.23. The normalized spacial score (nSPS) is 10.6. The van der Waals surface area contributed by atoms with Gasteiger partial charge in [0.05, 0.1) is 5.75 Å². The van der Waals surface area contributed by atoms with Gasteiger partial charge >= 0.3 is 0 Å². The molecule has 0 bridgehead atoms. The topological polar surface area (TPSA) is 17.1 Å². The first-order valence-corrected chi connectivity index (χ1v) is 6.44. The number of thiocarbonyl (C=S) groups is 1. The van der Waals surface area contributed by atoms with Crippen LogP contribution in [0.5, 0.6) is 0 Å². The largest absolute Gasteiger partial charge is 0.294 e. The number of thioether (sulfide) groups is 1. The molecule has 0 aromatic heterocycles. The van der Waals surface area contributed by atoms with Crippen molar-refractivity contribution in [1.82, 2.24) is 0 Å². The average Bonchev–Trinajstić information content (AvgIpc) is 2.28. The van der Waals surface area contributed by atoms with E-state index in [1.807, 2.05) is 43.3 Å². The van der Waals surface area contributed by atoms with Gasteiger partial charge in [0.15, 0.2) is 5.78 Å². The minimum Gasteiger partial charge on any atom is -0.294 e. The number of allylic oxidation sites excluding steroid dienone is 2. The zero-order chi connectivity index (χ0) is 11.8. The zero-order valence-electron chi connectivity index (χ0n) is 9.18. The van der Waals surface area contributed by atoms with E-state index >= 15 is 0 Å². The van der Waals surface area contributed by atoms with E-state index in [9.17, 15) is 4.79 Å². The third kappa shape index (κ3) is 5.83. The second-order valence-electron chi connectivity index (χ2n) is 3.34. The monoisotopic (exact) mass is 250 g/mol. The van der Waals surface area contributed by atoms with Crippen molar-refractivity contribution in [1.29, 1.82) is 0 Å². The summed E-state index contributed by atoms with van der Waals surface area (Å²) in [7, 11) is 0. The van der Waals surface area contributed by atoms with Crippen LogP contribution in [-0.4, -0.2) is 15.7 Å². The molecule has 0 atom stereocenters. The summed E-state index contributed by atoms with van der Waals surface area (Å²) in [5.74, 6) is 0.561. The van der Waals surface area contributed by atoms with Crippen molar-refractivity contribution in [2.24, 2.45) is 0 Å². The predicted molar refractivity (Wildman–Crippen MR) is 75.0 cm³/mol. The molecule has 1 aromatic rings. The Hall–Kier alpha value is -0.930. The Morgan fingerprint density at radius 1 is 1.38 bits per heavy atom. The Kier molecular flexibility index (Phi) is 6.04. The quantitative estimate of drug-likeness (QED) is 0.588. The summed E-state index contributed by atoms with van der Waals surface area (Å²) >= 11 is 6.31. The summed E-state index contributed by atoms with van der Waals surface area (Å²) in [5.41, 5.74) is 1.21. The molecular formula is C13H14OS2. The third-order valence-corrected chi connectivity index (χ3v) is 3.11. The van der Waals surface area contributed by atoms with Crippen molar-refractivity contribution in [2.45, 2.75) is 13.3 Å². The van der Waals surface area contributed by atoms with Gasteiger partial charge in [-0.1, -0.05) is 48.6 Å². The van der Waals surface area contributed by atoms with Crippen LogP contribution in [0.4, 0.5) is 0 Å². The van der Waals surface area contributed by atoms with Gasteiger partial charge in [0.1, 0.15) is 0 Å². The van der Waals surface area contributed by atoms with Crippen molar-refractivity contribution in [3.05, 3.63) is 48.0 Å². The van der Waals surface area contributed by atoms with E-state index in [1.54, 1.807) is 6.08 Å². The van der Waals surface area contributed by atoms with Crippen LogP contribution >= 0.6 is 24.0 Å². The molecular weight excluding hydrogens is 236 g/mol. The summed E-state index contributed by atoms with van der Waals surface area (Å²) in [5, 5.41) is 0. The van der Waals surface area contributed by atoms with Crippen LogP contribution in [0, 0.1) is 0 Å². The molecule has 0 radical (unpaired) electrons. The van der Waals surface area contributed by atoms with Crippen LogP contribution in [0.2, 0.25) is 0 Å². The number of hydrogen-bond acceptors (Lipinski definition) is 3. The summed E-state index contributed by atoms with van der Waals surface area (Å²) in [4.78, 5) is 11.4. The van der Waals surface area contributed by atoms with Crippen LogP contribution in [0.25, 0.3) is 0 Å². The van der Waals surface area contributed by atoms with E-state index in [4.69, 9.17) is 12.2 Å². The van der Waals surface area contributed by atoms with E-state index in [2.05, 4.69) is 0 Å². The van der Waals surface area contributed by atoms with Gasteiger partial charge < -0.3 is 0 Å². The minimum absolute atomic E-state index is 0.116. The standard InChI is InChI=1S/C13H14OS2/c1-11(15)16-10-13(14)9-5-8-12-6-3-2-4-7-12/h2-7,9H,8,10H2,1H3. The van der Waals surface area contributed by atoms with Gasteiger partial charge in [-0.05, 0) is 25.0 Å². The molecule has 0 fully saturated rings. The van der Waals surface area contributed by atoms with E-state index in [0.717, 1.165) is 10.6 Å². The molecule has 0 aliphatic heterocycles. The molecule has 0 amide bonds. The fourth-order valence-corrected chi connectivity index (χ4v) is 1.78. The Labute approximate surface area is 106 Å². The molecule has 0 spiro atoms. The molecule has 0 aliphatic carbocycles. The summed E-state index contributed by atoms with van der Waals surface area (Å²) < 4.78 is 0.810. The fraction of sp³-hybridized carbons (Fsp3) is 0.231. The third-order valence-electron chi connectivity index (χ3n) is 1.92. The number of hydrogen-bond donors (Lipinski definition) is 0. The maximum absolute atomic E-state index is 11.4. The molecule has 84 valence electrons. The second-order valence-corrected chi connectivity index (χ2v) is 5.40. The van der Waals surface area contributed by atoms with Crippen molar-refractivity contribution in [3.8, 4) is 0 Å². The number of benzene rings is 1. The van der Waals surface area contributed by atoms with Crippen LogP contribution in [0.1, 0.15) is 12.5 Å². The van der Waals surface area contributed by atoms with Crippen LogP contribution < -0.4 is 0 Å². The molecule has 0 saturated heterocycles. The molecule has 0 saturated carbocycles. The highest BCUT2D eigenvalue weighted by Gasteiger charge is 1.97. The van der Waals surface area contributed by atoms with Gasteiger partial charge in [0, 0.05) is 4.20 Å². The minimum atomic E-state index is 0.116. The first-order valence-electron chi connectivity index (χ1n) is 5.05. The highest BCUT2D eigenvalue weighted by Crippen LogP contribution is 2.04. The molecule has 0 unspecified atom stereocenters. The van der Waals surface area contributed by atoms with E-state index < -0.39 is 0 Å². The van der Waals surface area contributed by atoms with Gasteiger partial charge in [-0.3, -0.25) is 4.79 Å². The summed E-state index contributed by atoms with van der Waals surface area (Å²) in [6.45, 7) is 1.83. The lowest BCUT2D eigenvalue weighted by atomic mass is 10.1. The van der Waals surface area contributed by atoms with E-state index in [1.165, 1.54) is 17.3 Å². The zero-order valence-corrected chi connectivity index (χ0v) is 10.8. The fourth-order valence-electron chi connectivity index (χ4n) is 1.16. The molecule has 0 N–H and O–H groups in total. The second kappa shape index (κ2) is 7.36. The van der Waals surface area contributed by atoms with Crippen LogP contribution in [0.15, 0.2) is 42.5 Å². The Balaban J connectivity index is 2.32. The number of carbonyl (C=O) groups is 1. The first kappa shape index (κ1) is 13.1. The molecule has 0 heterocycles. The number of ketones is 1. The molecule has 1 nitrogen and oxygen atoms in total. The van der Waals surface area contributed by atoms with E-state index in [-0.39, 0.29) is 5.78 Å². The predicted octanol–water partition coefficient (Wildman–Crippen LogP) is 3.43. The SMILES string of the molecule is CC(=S)SCC(=O)C=CCc1ccccc1. The lowest BCUT2D eigenvalue weighted by Gasteiger charge is -1.95. The van der Waals surface area contributed by atoms with Crippen molar-refractivity contribution >= 4 is 34.0 Å². The highest BCUT2D eigenvalue weighted by atomic mass is 32.2. The van der Waals surface area contributed by atoms with Gasteiger partial charge in [0.25, 0.3) is 0 Å². The van der Waals surface area contributed by atoms with Gasteiger partial charge in [0.2, 0.25) is 0 Å². The molecule has 16 heavy (non-hydrogen) atoms. The number of rotatable bonds is 5. The van der Waals surface area contributed by atoms with Gasteiger partial charge in [-0.25, -0.2) is 0 Å². The van der Waals surface area contributed by atoms with Gasteiger partial charge in [-0.15, -0.1) is 11.8 Å². The smallest absolute Gasteiger partial charge is 0.165 e. The summed E-state index contributed by atoms with van der Waals surface area (Å²) in [6, 6.07) is 10.1. The number of carbonyl (C=O) groups excluding carboxylic acids is 1. The van der Waals surface area contributed by atoms with Crippen LogP contribution in [0.3, 0.4) is 0 Å². The first-order chi connectivity index (χ1) is 7.68. The molecule has 1 rings (SSSR count). The van der Waals surface area contributed by atoms with Crippen LogP contribution in [-0.2, 0) is 11.2 Å². The Bertz CT molecular complexity index is 382. The molecule has 0 aliphatic rings. The Morgan fingerprint density at radius 3 is 2.69 bits per heavy atom. The van der Waals surface area contributed by atoms with Crippen molar-refractivity contribution in [2.75, 3.05) is 5.75 Å². The summed E-state index contributed by atoms with van der Waals surface area (Å²) in [6.07, 6.45) is 4.34. The van der Waals surface area contributed by atoms with E-state index in [0.29, 0.717) is 5.75 Å². The molecule has 1 aromatic carbocycles. The van der Waals surface area contributed by atoms with Crippen molar-refractivity contribution in [3.63, 3.8) is 0 Å². The van der Waals surface area contributed by atoms with Gasteiger partial charge in [-0.2, -0.15) is 0 Å². The van der Waals surface area contributed by atoms with Crippen molar-refractivity contribution < 1.29 is 4.79 Å². The maximum atomic E-state index is 11.4. The average molecular weight is 250 g/mol. The maximum Gasteiger partial charge on any atom is 0.165 e.